The smallest absolute Gasteiger partial charge is 0.338 e. The molecule has 0 heterocycles. The molecule has 0 spiro atoms. The van der Waals surface area contributed by atoms with Gasteiger partial charge in [0.1, 0.15) is 0 Å². The number of nitro groups is 1. The number of primary amides is 1. The SMILES string of the molecule is CCCc1ccc(C(=NC(N)=O)c2ccccc2)c(CCC)c1[N+](=O)[O-]. The van der Waals surface area contributed by atoms with Crippen LogP contribution in [0.25, 0.3) is 0 Å². The van der Waals surface area contributed by atoms with E-state index in [4.69, 9.17) is 5.73 Å². The Balaban J connectivity index is 2.78. The Morgan fingerprint density at radius 1 is 1.08 bits per heavy atom. The Morgan fingerprint density at radius 2 is 1.73 bits per heavy atom. The quantitative estimate of drug-likeness (QED) is 0.453. The number of hydrogen-bond donors (Lipinski definition) is 1. The van der Waals surface area contributed by atoms with Crippen LogP contribution < -0.4 is 5.73 Å². The predicted molar refractivity (Wildman–Crippen MR) is 103 cm³/mol. The number of urea groups is 1. The normalized spacial score (nSPS) is 11.4. The molecular formula is C20H23N3O3. The molecule has 6 heteroatoms. The van der Waals surface area contributed by atoms with Crippen LogP contribution in [0, 0.1) is 10.1 Å². The maximum absolute atomic E-state index is 11.8. The first-order chi connectivity index (χ1) is 12.5. The molecule has 2 N–H and O–H groups in total. The van der Waals surface area contributed by atoms with Gasteiger partial charge in [0.15, 0.2) is 0 Å². The Morgan fingerprint density at radius 3 is 2.27 bits per heavy atom. The molecule has 2 aromatic rings. The summed E-state index contributed by atoms with van der Waals surface area (Å²) in [6, 6.07) is 11.9. The van der Waals surface area contributed by atoms with E-state index >= 15 is 0 Å². The lowest BCUT2D eigenvalue weighted by atomic mass is 9.90. The Hall–Kier alpha value is -3.02. The fourth-order valence-corrected chi connectivity index (χ4v) is 3.09. The molecule has 0 aliphatic carbocycles. The highest BCUT2D eigenvalue weighted by Crippen LogP contribution is 2.31. The van der Waals surface area contributed by atoms with Gasteiger partial charge in [0, 0.05) is 22.3 Å². The van der Waals surface area contributed by atoms with E-state index in [1.54, 1.807) is 6.07 Å². The van der Waals surface area contributed by atoms with Gasteiger partial charge in [-0.05, 0) is 12.8 Å². The molecule has 0 saturated heterocycles. The van der Waals surface area contributed by atoms with Gasteiger partial charge in [-0.25, -0.2) is 4.79 Å². The number of benzene rings is 2. The van der Waals surface area contributed by atoms with Gasteiger partial charge in [0.25, 0.3) is 5.69 Å². The molecule has 2 aromatic carbocycles. The van der Waals surface area contributed by atoms with Crippen molar-refractivity contribution in [2.45, 2.75) is 39.5 Å². The van der Waals surface area contributed by atoms with Gasteiger partial charge in [-0.15, -0.1) is 0 Å². The lowest BCUT2D eigenvalue weighted by Gasteiger charge is -2.15. The number of aryl methyl sites for hydroxylation is 1. The number of nitrogens with two attached hydrogens (primary N) is 1. The summed E-state index contributed by atoms with van der Waals surface area (Å²) in [5.74, 6) is 0. The zero-order valence-corrected chi connectivity index (χ0v) is 15.1. The maximum atomic E-state index is 11.8. The highest BCUT2D eigenvalue weighted by Gasteiger charge is 2.25. The number of carbonyl (C=O) groups excluding carboxylic acids is 1. The highest BCUT2D eigenvalue weighted by atomic mass is 16.6. The zero-order valence-electron chi connectivity index (χ0n) is 15.1. The van der Waals surface area contributed by atoms with Crippen molar-refractivity contribution in [1.29, 1.82) is 0 Å². The molecule has 136 valence electrons. The summed E-state index contributed by atoms with van der Waals surface area (Å²) in [7, 11) is 0. The molecule has 0 atom stereocenters. The molecule has 0 radical (unpaired) electrons. The standard InChI is InChI=1S/C20H23N3O3/c1-3-8-15-12-13-16(17(9-4-2)19(15)23(25)26)18(22-20(21)24)14-10-6-5-7-11-14/h5-7,10-13H,3-4,8-9H2,1-2H3,(H2,21,24). The van der Waals surface area contributed by atoms with E-state index in [2.05, 4.69) is 4.99 Å². The third-order valence-electron chi connectivity index (χ3n) is 4.09. The van der Waals surface area contributed by atoms with E-state index in [-0.39, 0.29) is 10.6 Å². The van der Waals surface area contributed by atoms with Crippen LogP contribution in [0.4, 0.5) is 10.5 Å². The van der Waals surface area contributed by atoms with Crippen LogP contribution in [0.1, 0.15) is 48.9 Å². The van der Waals surface area contributed by atoms with Gasteiger partial charge in [0.05, 0.1) is 10.6 Å². The fourth-order valence-electron chi connectivity index (χ4n) is 3.09. The second-order valence-corrected chi connectivity index (χ2v) is 6.02. The Kier molecular flexibility index (Phi) is 6.60. The van der Waals surface area contributed by atoms with E-state index in [1.165, 1.54) is 0 Å². The summed E-state index contributed by atoms with van der Waals surface area (Å²) in [4.78, 5) is 27.0. The van der Waals surface area contributed by atoms with Gasteiger partial charge in [-0.1, -0.05) is 69.2 Å². The molecule has 0 fully saturated rings. The average Bonchev–Trinajstić information content (AvgIpc) is 2.61. The van der Waals surface area contributed by atoms with E-state index in [9.17, 15) is 14.9 Å². The molecule has 6 nitrogen and oxygen atoms in total. The Bertz CT molecular complexity index is 830. The van der Waals surface area contributed by atoms with Crippen molar-refractivity contribution in [3.8, 4) is 0 Å². The number of carbonyl (C=O) groups is 1. The fraction of sp³-hybridized carbons (Fsp3) is 0.300. The second-order valence-electron chi connectivity index (χ2n) is 6.02. The number of nitrogens with zero attached hydrogens (tertiary/aromatic N) is 2. The van der Waals surface area contributed by atoms with Gasteiger partial charge in [0.2, 0.25) is 0 Å². The van der Waals surface area contributed by atoms with Crippen LogP contribution in [0.3, 0.4) is 0 Å². The molecule has 0 saturated carbocycles. The van der Waals surface area contributed by atoms with Crippen LogP contribution >= 0.6 is 0 Å². The van der Waals surface area contributed by atoms with Crippen molar-refractivity contribution in [3.05, 3.63) is 74.8 Å². The zero-order chi connectivity index (χ0) is 19.1. The number of aliphatic imine (C=N–C) groups is 1. The predicted octanol–water partition coefficient (Wildman–Crippen LogP) is 4.42. The van der Waals surface area contributed by atoms with Crippen LogP contribution in [-0.2, 0) is 12.8 Å². The number of amides is 2. The van der Waals surface area contributed by atoms with E-state index in [0.717, 1.165) is 12.8 Å². The van der Waals surface area contributed by atoms with Crippen molar-refractivity contribution in [2.75, 3.05) is 0 Å². The van der Waals surface area contributed by atoms with E-state index in [1.807, 2.05) is 50.2 Å². The van der Waals surface area contributed by atoms with Crippen molar-refractivity contribution in [2.24, 2.45) is 10.7 Å². The molecule has 26 heavy (non-hydrogen) atoms. The molecular weight excluding hydrogens is 330 g/mol. The summed E-state index contributed by atoms with van der Waals surface area (Å²) in [6.45, 7) is 3.95. The van der Waals surface area contributed by atoms with Gasteiger partial charge >= 0.3 is 6.03 Å². The Labute approximate surface area is 152 Å². The van der Waals surface area contributed by atoms with Gasteiger partial charge in [-0.2, -0.15) is 4.99 Å². The molecule has 0 aliphatic rings. The summed E-state index contributed by atoms with van der Waals surface area (Å²) in [5, 5.41) is 11.8. The summed E-state index contributed by atoms with van der Waals surface area (Å²) in [5.41, 5.74) is 8.39. The second kappa shape index (κ2) is 8.89. The number of hydrogen-bond acceptors (Lipinski definition) is 3. The molecule has 0 aromatic heterocycles. The minimum absolute atomic E-state index is 0.124. The third kappa shape index (κ3) is 4.33. The number of rotatable bonds is 7. The first-order valence-electron chi connectivity index (χ1n) is 8.72. The molecule has 0 aliphatic heterocycles. The van der Waals surface area contributed by atoms with Gasteiger partial charge < -0.3 is 5.73 Å². The lowest BCUT2D eigenvalue weighted by Crippen LogP contribution is -2.15. The summed E-state index contributed by atoms with van der Waals surface area (Å²) >= 11 is 0. The van der Waals surface area contributed by atoms with Crippen LogP contribution in [0.15, 0.2) is 47.5 Å². The molecule has 2 amide bonds. The average molecular weight is 353 g/mol. The topological polar surface area (TPSA) is 98.6 Å². The molecule has 2 rings (SSSR count). The van der Waals surface area contributed by atoms with Crippen molar-refractivity contribution in [1.82, 2.24) is 0 Å². The van der Waals surface area contributed by atoms with Crippen molar-refractivity contribution in [3.63, 3.8) is 0 Å². The summed E-state index contributed by atoms with van der Waals surface area (Å²) in [6.07, 6.45) is 2.70. The highest BCUT2D eigenvalue weighted by molar-refractivity contribution is 6.17. The third-order valence-corrected chi connectivity index (χ3v) is 4.09. The van der Waals surface area contributed by atoms with Crippen LogP contribution in [-0.4, -0.2) is 16.7 Å². The minimum atomic E-state index is -0.827. The van der Waals surface area contributed by atoms with Crippen molar-refractivity contribution >= 4 is 17.4 Å². The van der Waals surface area contributed by atoms with E-state index < -0.39 is 6.03 Å². The first kappa shape index (κ1) is 19.3. The van der Waals surface area contributed by atoms with Gasteiger partial charge in [-0.3, -0.25) is 10.1 Å². The maximum Gasteiger partial charge on any atom is 0.338 e. The largest absolute Gasteiger partial charge is 0.350 e. The van der Waals surface area contributed by atoms with Crippen LogP contribution in [0.5, 0.6) is 0 Å². The molecule has 0 unspecified atom stereocenters. The summed E-state index contributed by atoms with van der Waals surface area (Å²) < 4.78 is 0. The van der Waals surface area contributed by atoms with E-state index in [0.29, 0.717) is 40.8 Å². The minimum Gasteiger partial charge on any atom is -0.350 e. The lowest BCUT2D eigenvalue weighted by molar-refractivity contribution is -0.386. The first-order valence-corrected chi connectivity index (χ1v) is 8.72. The monoisotopic (exact) mass is 353 g/mol. The van der Waals surface area contributed by atoms with Crippen molar-refractivity contribution < 1.29 is 9.72 Å². The molecule has 0 bridgehead atoms. The number of nitro benzene ring substituents is 1. The van der Waals surface area contributed by atoms with Crippen LogP contribution in [0.2, 0.25) is 0 Å².